The van der Waals surface area contributed by atoms with Gasteiger partial charge in [-0.1, -0.05) is 51.5 Å². The van der Waals surface area contributed by atoms with Gasteiger partial charge in [0.15, 0.2) is 5.78 Å². The van der Waals surface area contributed by atoms with Crippen LogP contribution in [-0.4, -0.2) is 39.3 Å². The van der Waals surface area contributed by atoms with Crippen LogP contribution in [0.2, 0.25) is 0 Å². The summed E-state index contributed by atoms with van der Waals surface area (Å²) < 4.78 is 0. The maximum atomic E-state index is 11.7. The molecule has 5 nitrogen and oxygen atoms in total. The van der Waals surface area contributed by atoms with E-state index in [9.17, 15) is 19.8 Å². The lowest BCUT2D eigenvalue weighted by Gasteiger charge is -2.13. The van der Waals surface area contributed by atoms with Crippen LogP contribution < -0.4 is 0 Å². The first-order valence-corrected chi connectivity index (χ1v) is 8.76. The van der Waals surface area contributed by atoms with Crippen molar-refractivity contribution in [2.24, 2.45) is 0 Å². The number of aliphatic hydroxyl groups is 2. The summed E-state index contributed by atoms with van der Waals surface area (Å²) in [5, 5.41) is 27.8. The Bertz CT molecular complexity index is 351. The molecule has 5 heteroatoms. The van der Waals surface area contributed by atoms with Crippen molar-refractivity contribution in [3.8, 4) is 0 Å². The molecule has 0 rings (SSSR count). The van der Waals surface area contributed by atoms with Crippen molar-refractivity contribution in [1.29, 1.82) is 0 Å². The van der Waals surface area contributed by atoms with Crippen molar-refractivity contribution in [3.05, 3.63) is 12.2 Å². The van der Waals surface area contributed by atoms with Gasteiger partial charge in [0.05, 0.1) is 12.2 Å². The summed E-state index contributed by atoms with van der Waals surface area (Å²) in [6.45, 7) is 2.18. The molecule has 2 unspecified atom stereocenters. The Morgan fingerprint density at radius 1 is 0.913 bits per heavy atom. The van der Waals surface area contributed by atoms with Gasteiger partial charge in [-0.3, -0.25) is 9.59 Å². The third kappa shape index (κ3) is 14.1. The van der Waals surface area contributed by atoms with Gasteiger partial charge in [-0.25, -0.2) is 0 Å². The summed E-state index contributed by atoms with van der Waals surface area (Å²) in [5.41, 5.74) is 0. The van der Waals surface area contributed by atoms with E-state index in [4.69, 9.17) is 5.11 Å². The lowest BCUT2D eigenvalue weighted by atomic mass is 10.0. The van der Waals surface area contributed by atoms with E-state index in [0.29, 0.717) is 12.8 Å². The fourth-order valence-corrected chi connectivity index (χ4v) is 2.31. The van der Waals surface area contributed by atoms with Gasteiger partial charge < -0.3 is 15.3 Å². The van der Waals surface area contributed by atoms with Gasteiger partial charge in [0.25, 0.3) is 0 Å². The number of ketones is 1. The fourth-order valence-electron chi connectivity index (χ4n) is 2.31. The Morgan fingerprint density at radius 2 is 1.52 bits per heavy atom. The molecule has 3 N–H and O–H groups in total. The van der Waals surface area contributed by atoms with E-state index >= 15 is 0 Å². The number of carbonyl (C=O) groups excluding carboxylic acids is 1. The van der Waals surface area contributed by atoms with Crippen molar-refractivity contribution in [1.82, 2.24) is 0 Å². The number of carboxylic acid groups (broad SMARTS) is 1. The number of hydrogen-bond donors (Lipinski definition) is 3. The molecule has 0 amide bonds. The maximum Gasteiger partial charge on any atom is 0.303 e. The first-order valence-electron chi connectivity index (χ1n) is 8.76. The molecule has 0 aliphatic carbocycles. The van der Waals surface area contributed by atoms with E-state index in [1.54, 1.807) is 0 Å². The molecule has 0 fully saturated rings. The largest absolute Gasteiger partial charge is 0.481 e. The number of allylic oxidation sites excluding steroid dienone is 1. The second-order valence-corrected chi connectivity index (χ2v) is 6.04. The first kappa shape index (κ1) is 21.8. The highest BCUT2D eigenvalue weighted by Crippen LogP contribution is 2.10. The number of unbranched alkanes of at least 4 members (excludes halogenated alkanes) is 6. The third-order valence-electron chi connectivity index (χ3n) is 3.79. The van der Waals surface area contributed by atoms with E-state index in [0.717, 1.165) is 19.3 Å². The standard InChI is InChI=1S/C18H32O5/c1-2-3-4-5-6-7-8-10-15(19)13-14-17(21)16(20)11-9-12-18(22)23/h13-14,16-17,20-21H,2-12H2,1H3,(H,22,23)/b14-13+. The van der Waals surface area contributed by atoms with Crippen LogP contribution in [0.3, 0.4) is 0 Å². The Hall–Kier alpha value is -1.20. The average Bonchev–Trinajstić information content (AvgIpc) is 2.51. The molecule has 0 bridgehead atoms. The molecular weight excluding hydrogens is 296 g/mol. The quantitative estimate of drug-likeness (QED) is 0.317. The summed E-state index contributed by atoms with van der Waals surface area (Å²) in [5.74, 6) is -0.970. The van der Waals surface area contributed by atoms with Crippen LogP contribution in [0.15, 0.2) is 12.2 Å². The molecule has 0 aliphatic rings. The smallest absolute Gasteiger partial charge is 0.303 e. The van der Waals surface area contributed by atoms with Crippen LogP contribution in [0.25, 0.3) is 0 Å². The van der Waals surface area contributed by atoms with Crippen LogP contribution in [0.4, 0.5) is 0 Å². The summed E-state index contributed by atoms with van der Waals surface area (Å²) in [6, 6.07) is 0. The zero-order valence-corrected chi connectivity index (χ0v) is 14.2. The summed E-state index contributed by atoms with van der Waals surface area (Å²) in [4.78, 5) is 22.0. The van der Waals surface area contributed by atoms with Crippen LogP contribution in [0.5, 0.6) is 0 Å². The van der Waals surface area contributed by atoms with Crippen molar-refractivity contribution in [3.63, 3.8) is 0 Å². The Labute approximate surface area is 139 Å². The molecule has 0 aromatic carbocycles. The highest BCUT2D eigenvalue weighted by Gasteiger charge is 2.13. The normalized spacial score (nSPS) is 14.0. The lowest BCUT2D eigenvalue weighted by molar-refractivity contribution is -0.137. The van der Waals surface area contributed by atoms with Gasteiger partial charge in [0.1, 0.15) is 0 Å². The van der Waals surface area contributed by atoms with Gasteiger partial charge in [0.2, 0.25) is 0 Å². The highest BCUT2D eigenvalue weighted by atomic mass is 16.4. The highest BCUT2D eigenvalue weighted by molar-refractivity contribution is 5.89. The molecule has 0 heterocycles. The summed E-state index contributed by atoms with van der Waals surface area (Å²) in [6.07, 6.45) is 9.43. The number of aliphatic hydroxyl groups excluding tert-OH is 2. The van der Waals surface area contributed by atoms with Crippen molar-refractivity contribution < 1.29 is 24.9 Å². The number of carboxylic acids is 1. The molecule has 0 saturated carbocycles. The van der Waals surface area contributed by atoms with E-state index in [-0.39, 0.29) is 18.6 Å². The molecule has 23 heavy (non-hydrogen) atoms. The zero-order chi connectivity index (χ0) is 17.5. The number of aliphatic carboxylic acids is 1. The van der Waals surface area contributed by atoms with E-state index in [1.165, 1.54) is 37.8 Å². The van der Waals surface area contributed by atoms with Gasteiger partial charge in [-0.15, -0.1) is 0 Å². The molecule has 0 radical (unpaired) electrons. The number of carbonyl (C=O) groups is 2. The second kappa shape index (κ2) is 14.4. The van der Waals surface area contributed by atoms with Crippen LogP contribution in [0, 0.1) is 0 Å². The van der Waals surface area contributed by atoms with Crippen LogP contribution in [0.1, 0.15) is 77.6 Å². The third-order valence-corrected chi connectivity index (χ3v) is 3.79. The average molecular weight is 328 g/mol. The van der Waals surface area contributed by atoms with Crippen molar-refractivity contribution in [2.45, 2.75) is 89.8 Å². The van der Waals surface area contributed by atoms with Crippen molar-refractivity contribution >= 4 is 11.8 Å². The van der Waals surface area contributed by atoms with Crippen LogP contribution in [-0.2, 0) is 9.59 Å². The minimum absolute atomic E-state index is 0.0370. The Morgan fingerprint density at radius 3 is 2.13 bits per heavy atom. The van der Waals surface area contributed by atoms with Crippen molar-refractivity contribution in [2.75, 3.05) is 0 Å². The topological polar surface area (TPSA) is 94.8 Å². The fraction of sp³-hybridized carbons (Fsp3) is 0.778. The molecule has 0 spiro atoms. The Balaban J connectivity index is 3.74. The number of rotatable bonds is 15. The second-order valence-electron chi connectivity index (χ2n) is 6.04. The molecule has 0 aliphatic heterocycles. The van der Waals surface area contributed by atoms with Gasteiger partial charge in [0, 0.05) is 12.8 Å². The van der Waals surface area contributed by atoms with Gasteiger partial charge in [-0.05, 0) is 25.3 Å². The molecule has 0 aromatic heterocycles. The summed E-state index contributed by atoms with van der Waals surface area (Å²) >= 11 is 0. The predicted octanol–water partition coefficient (Wildman–Crippen LogP) is 3.23. The minimum atomic E-state index is -1.12. The van der Waals surface area contributed by atoms with E-state index in [2.05, 4.69) is 6.92 Å². The summed E-state index contributed by atoms with van der Waals surface area (Å²) in [7, 11) is 0. The molecule has 0 aromatic rings. The lowest BCUT2D eigenvalue weighted by Crippen LogP contribution is -2.24. The van der Waals surface area contributed by atoms with Gasteiger partial charge in [-0.2, -0.15) is 0 Å². The molecule has 0 saturated heterocycles. The number of hydrogen-bond acceptors (Lipinski definition) is 4. The van der Waals surface area contributed by atoms with Crippen LogP contribution >= 0.6 is 0 Å². The molecular formula is C18H32O5. The van der Waals surface area contributed by atoms with E-state index < -0.39 is 18.2 Å². The predicted molar refractivity (Wildman–Crippen MR) is 90.3 cm³/mol. The first-order chi connectivity index (χ1) is 11.0. The molecule has 134 valence electrons. The van der Waals surface area contributed by atoms with Gasteiger partial charge >= 0.3 is 5.97 Å². The maximum absolute atomic E-state index is 11.7. The zero-order valence-electron chi connectivity index (χ0n) is 14.2. The molecule has 2 atom stereocenters. The SMILES string of the molecule is CCCCCCCCCC(=O)/C=C/C(O)C(O)CCCC(=O)O. The minimum Gasteiger partial charge on any atom is -0.481 e. The monoisotopic (exact) mass is 328 g/mol. The Kier molecular flexibility index (Phi) is 13.6. The van der Waals surface area contributed by atoms with E-state index in [1.807, 2.05) is 0 Å².